The van der Waals surface area contributed by atoms with Crippen molar-refractivity contribution in [1.82, 2.24) is 25.4 Å². The fourth-order valence-corrected chi connectivity index (χ4v) is 2.75. The first kappa shape index (κ1) is 16.2. The molecule has 0 saturated heterocycles. The van der Waals surface area contributed by atoms with Crippen LogP contribution in [-0.2, 0) is 9.59 Å². The lowest BCUT2D eigenvalue weighted by Gasteiger charge is -2.37. The van der Waals surface area contributed by atoms with Crippen molar-refractivity contribution in [3.8, 4) is 0 Å². The van der Waals surface area contributed by atoms with Crippen molar-refractivity contribution in [1.29, 1.82) is 0 Å². The second-order valence-electron chi connectivity index (χ2n) is 6.11. The predicted octanol–water partition coefficient (Wildman–Crippen LogP) is 0.901. The third-order valence-electron chi connectivity index (χ3n) is 4.32. The summed E-state index contributed by atoms with van der Waals surface area (Å²) in [6.45, 7) is 1.78. The van der Waals surface area contributed by atoms with Gasteiger partial charge in [-0.05, 0) is 19.8 Å². The number of nitrogens with zero attached hydrogens (tertiary/aromatic N) is 3. The van der Waals surface area contributed by atoms with E-state index in [1.165, 1.54) is 17.3 Å². The molecular weight excluding hydrogens is 306 g/mol. The Balaban J connectivity index is 1.41. The average Bonchev–Trinajstić information content (AvgIpc) is 2.93. The fourth-order valence-electron chi connectivity index (χ4n) is 2.75. The summed E-state index contributed by atoms with van der Waals surface area (Å²) in [6, 6.07) is -0.187. The largest absolute Gasteiger partial charge is 0.352 e. The molecule has 0 spiro atoms. The van der Waals surface area contributed by atoms with Crippen LogP contribution in [0.2, 0.25) is 0 Å². The van der Waals surface area contributed by atoms with Crippen LogP contribution in [0.1, 0.15) is 25.8 Å². The van der Waals surface area contributed by atoms with E-state index in [1.54, 1.807) is 6.92 Å². The Bertz CT molecular complexity index is 655. The number of carbonyl (C=O) groups excluding carboxylic acids is 2. The van der Waals surface area contributed by atoms with E-state index in [-0.39, 0.29) is 29.8 Å². The molecule has 7 nitrogen and oxygen atoms in total. The summed E-state index contributed by atoms with van der Waals surface area (Å²) >= 11 is 0. The first-order valence-corrected chi connectivity index (χ1v) is 8.10. The molecule has 1 aromatic heterocycles. The highest BCUT2D eigenvalue weighted by Crippen LogP contribution is 2.21. The Morgan fingerprint density at radius 2 is 1.75 bits per heavy atom. The van der Waals surface area contributed by atoms with Gasteiger partial charge in [0, 0.05) is 12.1 Å². The van der Waals surface area contributed by atoms with Crippen LogP contribution in [0.5, 0.6) is 0 Å². The van der Waals surface area contributed by atoms with Gasteiger partial charge in [-0.1, -0.05) is 36.5 Å². The molecule has 1 heterocycles. The second kappa shape index (κ2) is 7.25. The zero-order valence-corrected chi connectivity index (χ0v) is 13.5. The molecule has 0 radical (unpaired) electrons. The van der Waals surface area contributed by atoms with E-state index in [0.717, 1.165) is 12.8 Å². The van der Waals surface area contributed by atoms with E-state index in [1.807, 2.05) is 36.5 Å². The maximum absolute atomic E-state index is 12.2. The average molecular weight is 327 g/mol. The number of carbonyl (C=O) groups is 2. The third kappa shape index (κ3) is 3.79. The lowest BCUT2D eigenvalue weighted by molar-refractivity contribution is -0.126. The highest BCUT2D eigenvalue weighted by atomic mass is 16.2. The molecule has 1 aromatic rings. The van der Waals surface area contributed by atoms with Crippen molar-refractivity contribution < 1.29 is 9.59 Å². The SMILES string of the molecule is CC(C(=O)NC1CC(NC(=O)C2C=CC=CC=C2)C1)n1cncn1. The zero-order valence-electron chi connectivity index (χ0n) is 13.5. The fraction of sp³-hybridized carbons (Fsp3) is 0.412. The topological polar surface area (TPSA) is 88.9 Å². The molecule has 2 aliphatic rings. The van der Waals surface area contributed by atoms with Crippen LogP contribution in [0.15, 0.2) is 49.1 Å². The van der Waals surface area contributed by atoms with E-state index in [4.69, 9.17) is 0 Å². The number of hydrogen-bond donors (Lipinski definition) is 2. The summed E-state index contributed by atoms with van der Waals surface area (Å²) < 4.78 is 1.52. The molecule has 1 fully saturated rings. The Morgan fingerprint density at radius 3 is 2.38 bits per heavy atom. The molecule has 1 saturated carbocycles. The van der Waals surface area contributed by atoms with E-state index in [0.29, 0.717) is 0 Å². The van der Waals surface area contributed by atoms with Gasteiger partial charge in [-0.15, -0.1) is 0 Å². The zero-order chi connectivity index (χ0) is 16.9. The predicted molar refractivity (Wildman–Crippen MR) is 88.7 cm³/mol. The smallest absolute Gasteiger partial charge is 0.244 e. The van der Waals surface area contributed by atoms with Crippen LogP contribution in [-0.4, -0.2) is 38.7 Å². The highest BCUT2D eigenvalue weighted by molar-refractivity contribution is 5.83. The molecular formula is C17H21N5O2. The van der Waals surface area contributed by atoms with Crippen molar-refractivity contribution in [2.24, 2.45) is 5.92 Å². The van der Waals surface area contributed by atoms with Gasteiger partial charge in [-0.25, -0.2) is 9.67 Å². The Morgan fingerprint density at radius 1 is 1.08 bits per heavy atom. The monoisotopic (exact) mass is 327 g/mol. The molecule has 3 rings (SSSR count). The van der Waals surface area contributed by atoms with Gasteiger partial charge in [0.15, 0.2) is 0 Å². The van der Waals surface area contributed by atoms with Gasteiger partial charge >= 0.3 is 0 Å². The molecule has 24 heavy (non-hydrogen) atoms. The summed E-state index contributed by atoms with van der Waals surface area (Å²) in [5, 5.41) is 9.98. The van der Waals surface area contributed by atoms with Gasteiger partial charge in [0.25, 0.3) is 0 Å². The van der Waals surface area contributed by atoms with Crippen LogP contribution in [0.3, 0.4) is 0 Å². The van der Waals surface area contributed by atoms with Crippen LogP contribution >= 0.6 is 0 Å². The lowest BCUT2D eigenvalue weighted by atomic mass is 9.86. The van der Waals surface area contributed by atoms with Gasteiger partial charge in [-0.2, -0.15) is 5.10 Å². The maximum Gasteiger partial charge on any atom is 0.244 e. The van der Waals surface area contributed by atoms with Crippen LogP contribution in [0.25, 0.3) is 0 Å². The van der Waals surface area contributed by atoms with Crippen molar-refractivity contribution in [3.05, 3.63) is 49.1 Å². The summed E-state index contributed by atoms with van der Waals surface area (Å²) in [6.07, 6.45) is 15.7. The molecule has 1 unspecified atom stereocenters. The lowest BCUT2D eigenvalue weighted by Crippen LogP contribution is -2.55. The normalized spacial score (nSPS) is 24.0. The molecule has 2 aliphatic carbocycles. The van der Waals surface area contributed by atoms with Crippen LogP contribution < -0.4 is 10.6 Å². The summed E-state index contributed by atoms with van der Waals surface area (Å²) in [5.74, 6) is -0.325. The Kier molecular flexibility index (Phi) is 4.88. The Labute approximate surface area is 140 Å². The summed E-state index contributed by atoms with van der Waals surface area (Å²) in [5.41, 5.74) is 0. The molecule has 0 aromatic carbocycles. The first-order chi connectivity index (χ1) is 11.6. The van der Waals surface area contributed by atoms with E-state index >= 15 is 0 Å². The first-order valence-electron chi connectivity index (χ1n) is 8.10. The number of aromatic nitrogens is 3. The van der Waals surface area contributed by atoms with Crippen LogP contribution in [0, 0.1) is 5.92 Å². The van der Waals surface area contributed by atoms with Crippen molar-refractivity contribution >= 4 is 11.8 Å². The molecule has 2 N–H and O–H groups in total. The van der Waals surface area contributed by atoms with E-state index in [2.05, 4.69) is 20.7 Å². The van der Waals surface area contributed by atoms with Crippen molar-refractivity contribution in [2.75, 3.05) is 0 Å². The Hall–Kier alpha value is -2.70. The summed E-state index contributed by atoms with van der Waals surface area (Å²) in [7, 11) is 0. The standard InChI is InChI=1S/C17H21N5O2/c1-12(22-11-18-10-19-22)16(23)20-14-8-15(9-14)21-17(24)13-6-4-2-3-5-7-13/h2-7,10-15H,8-9H2,1H3,(H,20,23)(H,21,24). The van der Waals surface area contributed by atoms with Crippen LogP contribution in [0.4, 0.5) is 0 Å². The third-order valence-corrected chi connectivity index (χ3v) is 4.32. The molecule has 1 atom stereocenters. The number of hydrogen-bond acceptors (Lipinski definition) is 4. The number of rotatable bonds is 5. The second-order valence-corrected chi connectivity index (χ2v) is 6.11. The molecule has 126 valence electrons. The molecule has 2 amide bonds. The van der Waals surface area contributed by atoms with Crippen molar-refractivity contribution in [3.63, 3.8) is 0 Å². The quantitative estimate of drug-likeness (QED) is 0.841. The van der Waals surface area contributed by atoms with Gasteiger partial charge in [0.05, 0.1) is 5.92 Å². The molecule has 0 aliphatic heterocycles. The minimum Gasteiger partial charge on any atom is -0.352 e. The minimum absolute atomic E-state index is 0.00281. The molecule has 0 bridgehead atoms. The number of allylic oxidation sites excluding steroid dienone is 4. The van der Waals surface area contributed by atoms with E-state index in [9.17, 15) is 9.59 Å². The van der Waals surface area contributed by atoms with Crippen molar-refractivity contribution in [2.45, 2.75) is 37.9 Å². The molecule has 7 heteroatoms. The maximum atomic E-state index is 12.2. The van der Waals surface area contributed by atoms with E-state index < -0.39 is 6.04 Å². The van der Waals surface area contributed by atoms with Gasteiger partial charge < -0.3 is 10.6 Å². The van der Waals surface area contributed by atoms with Gasteiger partial charge in [-0.3, -0.25) is 9.59 Å². The summed E-state index contributed by atoms with van der Waals surface area (Å²) in [4.78, 5) is 28.2. The number of nitrogens with one attached hydrogen (secondary N) is 2. The number of amides is 2. The van der Waals surface area contributed by atoms with Gasteiger partial charge in [0.2, 0.25) is 11.8 Å². The minimum atomic E-state index is -0.394. The highest BCUT2D eigenvalue weighted by Gasteiger charge is 2.33. The van der Waals surface area contributed by atoms with Gasteiger partial charge in [0.1, 0.15) is 18.7 Å².